The number of ether oxygens (including phenoxy) is 1. The molecule has 0 saturated heterocycles. The van der Waals surface area contributed by atoms with Crippen molar-refractivity contribution in [3.8, 4) is 17.4 Å². The van der Waals surface area contributed by atoms with Crippen molar-refractivity contribution in [2.75, 3.05) is 12.4 Å². The summed E-state index contributed by atoms with van der Waals surface area (Å²) in [5.74, 6) is -0.741. The standard InChI is InChI=1S/C23H16ClF3N8O3/c1-38-22-15-3-2-4-18(14(15)5-6-28-22)35-19(23(25,26)27)16(10-31-35)21(37)32-12-7-17(24)20(29-8-12)34-13(11-36)9-30-33-34/h2-10,36H,11H2,1H3,(H,32,37). The number of hydrogen-bond acceptors (Lipinski definition) is 8. The molecule has 0 atom stereocenters. The summed E-state index contributed by atoms with van der Waals surface area (Å²) in [7, 11) is 1.40. The van der Waals surface area contributed by atoms with E-state index in [9.17, 15) is 23.1 Å². The molecule has 1 aromatic carbocycles. The van der Waals surface area contributed by atoms with Gasteiger partial charge in [-0.1, -0.05) is 22.9 Å². The predicted molar refractivity (Wildman–Crippen MR) is 128 cm³/mol. The molecular formula is C23H16ClF3N8O3. The van der Waals surface area contributed by atoms with Gasteiger partial charge in [-0.15, -0.1) is 5.10 Å². The van der Waals surface area contributed by atoms with Crippen molar-refractivity contribution in [1.29, 1.82) is 0 Å². The lowest BCUT2D eigenvalue weighted by atomic mass is 10.1. The Morgan fingerprint density at radius 3 is 2.66 bits per heavy atom. The van der Waals surface area contributed by atoms with Crippen LogP contribution in [0.3, 0.4) is 0 Å². The van der Waals surface area contributed by atoms with Crippen molar-refractivity contribution >= 4 is 34.0 Å². The first kappa shape index (κ1) is 25.1. The normalized spacial score (nSPS) is 11.6. The zero-order valence-corrected chi connectivity index (χ0v) is 20.1. The minimum atomic E-state index is -4.93. The first-order chi connectivity index (χ1) is 18.2. The van der Waals surface area contributed by atoms with Crippen LogP contribution in [-0.2, 0) is 12.8 Å². The summed E-state index contributed by atoms with van der Waals surface area (Å²) >= 11 is 6.25. The summed E-state index contributed by atoms with van der Waals surface area (Å²) in [6, 6.07) is 7.45. The third-order valence-electron chi connectivity index (χ3n) is 5.51. The number of benzene rings is 1. The van der Waals surface area contributed by atoms with E-state index in [1.165, 1.54) is 54.6 Å². The smallest absolute Gasteiger partial charge is 0.434 e. The van der Waals surface area contributed by atoms with Crippen LogP contribution < -0.4 is 10.1 Å². The topological polar surface area (TPSA) is 133 Å². The van der Waals surface area contributed by atoms with E-state index in [0.29, 0.717) is 21.1 Å². The number of rotatable bonds is 6. The number of carbonyl (C=O) groups excluding carboxylic acids is 1. The van der Waals surface area contributed by atoms with Gasteiger partial charge in [0.25, 0.3) is 5.91 Å². The molecule has 5 rings (SSSR count). The summed E-state index contributed by atoms with van der Waals surface area (Å²) < 4.78 is 49.9. The van der Waals surface area contributed by atoms with E-state index in [1.54, 1.807) is 6.07 Å². The van der Waals surface area contributed by atoms with E-state index < -0.39 is 23.3 Å². The number of methoxy groups -OCH3 is 1. The molecule has 4 aromatic heterocycles. The molecule has 0 aliphatic carbocycles. The van der Waals surface area contributed by atoms with Crippen LogP contribution in [0.5, 0.6) is 5.88 Å². The van der Waals surface area contributed by atoms with Crippen LogP contribution in [0.2, 0.25) is 5.02 Å². The number of amides is 1. The molecule has 2 N–H and O–H groups in total. The number of aliphatic hydroxyl groups is 1. The largest absolute Gasteiger partial charge is 0.481 e. The van der Waals surface area contributed by atoms with Crippen LogP contribution in [0.15, 0.2) is 55.1 Å². The van der Waals surface area contributed by atoms with E-state index in [-0.39, 0.29) is 34.7 Å². The van der Waals surface area contributed by atoms with Crippen molar-refractivity contribution in [2.45, 2.75) is 12.8 Å². The van der Waals surface area contributed by atoms with Crippen LogP contribution in [0.1, 0.15) is 21.7 Å². The Labute approximate surface area is 216 Å². The summed E-state index contributed by atoms with van der Waals surface area (Å²) in [5.41, 5.74) is -1.58. The molecule has 0 fully saturated rings. The van der Waals surface area contributed by atoms with E-state index >= 15 is 0 Å². The number of nitrogens with zero attached hydrogens (tertiary/aromatic N) is 7. The van der Waals surface area contributed by atoms with Gasteiger partial charge < -0.3 is 15.2 Å². The minimum Gasteiger partial charge on any atom is -0.481 e. The lowest BCUT2D eigenvalue weighted by Crippen LogP contribution is -2.21. The maximum atomic E-state index is 14.3. The van der Waals surface area contributed by atoms with Gasteiger partial charge in [-0.05, 0) is 24.3 Å². The van der Waals surface area contributed by atoms with E-state index in [0.717, 1.165) is 6.20 Å². The molecule has 0 unspecified atom stereocenters. The number of anilines is 1. The highest BCUT2D eigenvalue weighted by Crippen LogP contribution is 2.36. The fourth-order valence-corrected chi connectivity index (χ4v) is 4.12. The molecule has 0 radical (unpaired) electrons. The fraction of sp³-hybridized carbons (Fsp3) is 0.130. The SMILES string of the molecule is COc1nccc2c(-n3ncc(C(=O)Nc4cnc(-n5nncc5CO)c(Cl)c4)c3C(F)(F)F)cccc12. The molecule has 0 bridgehead atoms. The van der Waals surface area contributed by atoms with Crippen molar-refractivity contribution in [3.05, 3.63) is 77.1 Å². The lowest BCUT2D eigenvalue weighted by molar-refractivity contribution is -0.143. The van der Waals surface area contributed by atoms with Crippen LogP contribution in [-0.4, -0.2) is 52.9 Å². The minimum absolute atomic E-state index is 0.00746. The maximum Gasteiger partial charge on any atom is 0.434 e. The Hall–Kier alpha value is -4.56. The molecule has 194 valence electrons. The van der Waals surface area contributed by atoms with Crippen molar-refractivity contribution in [3.63, 3.8) is 0 Å². The Bertz CT molecular complexity index is 1670. The zero-order chi connectivity index (χ0) is 27.0. The second kappa shape index (κ2) is 9.72. The average Bonchev–Trinajstić information content (AvgIpc) is 3.55. The van der Waals surface area contributed by atoms with Crippen LogP contribution in [0, 0.1) is 0 Å². The van der Waals surface area contributed by atoms with Gasteiger partial charge in [0, 0.05) is 17.0 Å². The maximum absolute atomic E-state index is 14.3. The average molecular weight is 545 g/mol. The highest BCUT2D eigenvalue weighted by Gasteiger charge is 2.41. The number of hydrogen-bond donors (Lipinski definition) is 2. The molecule has 0 aliphatic rings. The van der Waals surface area contributed by atoms with Gasteiger partial charge in [0.05, 0.1) is 60.0 Å². The number of pyridine rings is 2. The summed E-state index contributed by atoms with van der Waals surface area (Å²) in [4.78, 5) is 21.2. The molecule has 5 aromatic rings. The number of aromatic nitrogens is 7. The highest BCUT2D eigenvalue weighted by atomic mass is 35.5. The van der Waals surface area contributed by atoms with Crippen molar-refractivity contribution in [1.82, 2.24) is 34.7 Å². The summed E-state index contributed by atoms with van der Waals surface area (Å²) in [6.07, 6.45) is -0.202. The molecule has 0 aliphatic heterocycles. The number of fused-ring (bicyclic) bond motifs is 1. The molecular weight excluding hydrogens is 529 g/mol. The van der Waals surface area contributed by atoms with E-state index in [2.05, 4.69) is 30.7 Å². The van der Waals surface area contributed by atoms with Gasteiger partial charge in [0.15, 0.2) is 11.5 Å². The van der Waals surface area contributed by atoms with Gasteiger partial charge in [-0.2, -0.15) is 23.0 Å². The van der Waals surface area contributed by atoms with Crippen LogP contribution >= 0.6 is 11.6 Å². The molecule has 38 heavy (non-hydrogen) atoms. The third-order valence-corrected chi connectivity index (χ3v) is 5.79. The molecule has 0 saturated carbocycles. The van der Waals surface area contributed by atoms with E-state index in [1.807, 2.05) is 0 Å². The van der Waals surface area contributed by atoms with Crippen molar-refractivity contribution in [2.24, 2.45) is 0 Å². The van der Waals surface area contributed by atoms with Gasteiger partial charge in [-0.3, -0.25) is 4.79 Å². The van der Waals surface area contributed by atoms with Crippen LogP contribution in [0.25, 0.3) is 22.3 Å². The fourth-order valence-electron chi connectivity index (χ4n) is 3.88. The Balaban J connectivity index is 1.52. The first-order valence-electron chi connectivity index (χ1n) is 10.8. The van der Waals surface area contributed by atoms with Gasteiger partial charge in [0.2, 0.25) is 5.88 Å². The predicted octanol–water partition coefficient (Wildman–Crippen LogP) is 3.82. The molecule has 0 spiro atoms. The van der Waals surface area contributed by atoms with E-state index in [4.69, 9.17) is 16.3 Å². The summed E-state index contributed by atoms with van der Waals surface area (Å²) in [5, 5.41) is 24.0. The zero-order valence-electron chi connectivity index (χ0n) is 19.3. The number of nitrogens with one attached hydrogen (secondary N) is 1. The molecule has 11 nitrogen and oxygen atoms in total. The number of carbonyl (C=O) groups is 1. The lowest BCUT2D eigenvalue weighted by Gasteiger charge is -2.15. The third kappa shape index (κ3) is 4.39. The van der Waals surface area contributed by atoms with Crippen molar-refractivity contribution < 1.29 is 27.8 Å². The second-order valence-electron chi connectivity index (χ2n) is 7.79. The Morgan fingerprint density at radius 1 is 1.13 bits per heavy atom. The monoisotopic (exact) mass is 544 g/mol. The number of halogens is 4. The highest BCUT2D eigenvalue weighted by molar-refractivity contribution is 6.32. The Morgan fingerprint density at radius 2 is 1.95 bits per heavy atom. The number of alkyl halides is 3. The number of aliphatic hydroxyl groups excluding tert-OH is 1. The van der Waals surface area contributed by atoms with Gasteiger partial charge >= 0.3 is 6.18 Å². The van der Waals surface area contributed by atoms with Crippen LogP contribution in [0.4, 0.5) is 18.9 Å². The second-order valence-corrected chi connectivity index (χ2v) is 8.19. The molecule has 4 heterocycles. The molecule has 15 heteroatoms. The molecule has 1 amide bonds. The first-order valence-corrected chi connectivity index (χ1v) is 11.2. The quantitative estimate of drug-likeness (QED) is 0.330. The Kier molecular flexibility index (Phi) is 6.42. The summed E-state index contributed by atoms with van der Waals surface area (Å²) in [6.45, 7) is -0.381. The van der Waals surface area contributed by atoms with Gasteiger partial charge in [-0.25, -0.2) is 14.6 Å². The van der Waals surface area contributed by atoms with Gasteiger partial charge in [0.1, 0.15) is 0 Å².